The van der Waals surface area contributed by atoms with E-state index in [1.807, 2.05) is 20.8 Å². The molecule has 0 spiro atoms. The number of carbonyl (C=O) groups is 2. The SMILES string of the molecule is CC1CCN(C(CNC(=O)C2CCN(C(=O)OC(C)(C)C)CC2)c2cccs2)CC1. The zero-order valence-electron chi connectivity index (χ0n) is 18.9. The lowest BCUT2D eigenvalue weighted by atomic mass is 9.95. The lowest BCUT2D eigenvalue weighted by Gasteiger charge is -2.37. The van der Waals surface area contributed by atoms with E-state index in [4.69, 9.17) is 4.74 Å². The Bertz CT molecular complexity index is 685. The Kier molecular flexibility index (Phi) is 7.80. The summed E-state index contributed by atoms with van der Waals surface area (Å²) in [7, 11) is 0. The standard InChI is InChI=1S/C23H37N3O3S/c1-17-7-11-25(12-8-17)19(20-6-5-15-30-20)16-24-21(27)18-9-13-26(14-10-18)22(28)29-23(2,3)4/h5-6,15,17-19H,7-14,16H2,1-4H3,(H,24,27). The molecule has 1 aromatic heterocycles. The van der Waals surface area contributed by atoms with Crippen molar-refractivity contribution in [2.24, 2.45) is 11.8 Å². The summed E-state index contributed by atoms with van der Waals surface area (Å²) in [6.45, 7) is 11.9. The van der Waals surface area contributed by atoms with Crippen molar-refractivity contribution in [2.75, 3.05) is 32.7 Å². The third-order valence-electron chi connectivity index (χ3n) is 6.12. The van der Waals surface area contributed by atoms with Gasteiger partial charge in [-0.3, -0.25) is 9.69 Å². The molecular formula is C23H37N3O3S. The highest BCUT2D eigenvalue weighted by Gasteiger charge is 2.31. The molecule has 2 amide bonds. The van der Waals surface area contributed by atoms with Gasteiger partial charge in [0.15, 0.2) is 0 Å². The van der Waals surface area contributed by atoms with Gasteiger partial charge in [0.25, 0.3) is 0 Å². The summed E-state index contributed by atoms with van der Waals surface area (Å²) in [5.41, 5.74) is -0.492. The maximum atomic E-state index is 12.9. The van der Waals surface area contributed by atoms with Crippen molar-refractivity contribution < 1.29 is 14.3 Å². The largest absolute Gasteiger partial charge is 0.444 e. The molecule has 30 heavy (non-hydrogen) atoms. The number of nitrogens with zero attached hydrogens (tertiary/aromatic N) is 2. The number of likely N-dealkylation sites (tertiary alicyclic amines) is 2. The van der Waals surface area contributed by atoms with Gasteiger partial charge in [-0.15, -0.1) is 11.3 Å². The maximum Gasteiger partial charge on any atom is 0.410 e. The van der Waals surface area contributed by atoms with Crippen LogP contribution in [0.1, 0.15) is 64.3 Å². The minimum absolute atomic E-state index is 0.0333. The van der Waals surface area contributed by atoms with E-state index in [-0.39, 0.29) is 24.0 Å². The summed E-state index contributed by atoms with van der Waals surface area (Å²) >= 11 is 1.77. The highest BCUT2D eigenvalue weighted by atomic mass is 32.1. The Labute approximate surface area is 185 Å². The molecule has 2 aliphatic rings. The third-order valence-corrected chi connectivity index (χ3v) is 7.09. The third kappa shape index (κ3) is 6.45. The van der Waals surface area contributed by atoms with Gasteiger partial charge in [-0.25, -0.2) is 4.79 Å². The molecule has 2 fully saturated rings. The van der Waals surface area contributed by atoms with Crippen LogP contribution >= 0.6 is 11.3 Å². The first-order chi connectivity index (χ1) is 14.2. The zero-order chi connectivity index (χ0) is 21.7. The first kappa shape index (κ1) is 23.1. The Hall–Kier alpha value is -1.60. The highest BCUT2D eigenvalue weighted by molar-refractivity contribution is 7.10. The van der Waals surface area contributed by atoms with Crippen LogP contribution in [0.5, 0.6) is 0 Å². The number of rotatable bonds is 5. The van der Waals surface area contributed by atoms with Crippen molar-refractivity contribution >= 4 is 23.3 Å². The second-order valence-electron chi connectivity index (χ2n) is 9.74. The summed E-state index contributed by atoms with van der Waals surface area (Å²) in [6, 6.07) is 4.52. The van der Waals surface area contributed by atoms with Crippen LogP contribution in [0.2, 0.25) is 0 Å². The molecular weight excluding hydrogens is 398 g/mol. The van der Waals surface area contributed by atoms with E-state index in [9.17, 15) is 9.59 Å². The number of amides is 2. The van der Waals surface area contributed by atoms with Gasteiger partial charge in [0.2, 0.25) is 5.91 Å². The van der Waals surface area contributed by atoms with E-state index in [0.717, 1.165) is 19.0 Å². The van der Waals surface area contributed by atoms with Gasteiger partial charge in [0.05, 0.1) is 6.04 Å². The second-order valence-corrected chi connectivity index (χ2v) is 10.7. The van der Waals surface area contributed by atoms with Crippen molar-refractivity contribution in [2.45, 2.75) is 65.0 Å². The van der Waals surface area contributed by atoms with Crippen LogP contribution in [-0.2, 0) is 9.53 Å². The Balaban J connectivity index is 1.49. The Morgan fingerprint density at radius 3 is 2.40 bits per heavy atom. The van der Waals surface area contributed by atoms with E-state index >= 15 is 0 Å². The molecule has 7 heteroatoms. The van der Waals surface area contributed by atoms with E-state index in [2.05, 4.69) is 34.7 Å². The van der Waals surface area contributed by atoms with Gasteiger partial charge in [-0.05, 0) is 76.9 Å². The van der Waals surface area contributed by atoms with Crippen LogP contribution in [0.3, 0.4) is 0 Å². The van der Waals surface area contributed by atoms with Gasteiger partial charge in [0, 0.05) is 30.4 Å². The normalized spacial score (nSPS) is 20.7. The van der Waals surface area contributed by atoms with Gasteiger partial charge in [0.1, 0.15) is 5.60 Å². The summed E-state index contributed by atoms with van der Waals surface area (Å²) < 4.78 is 5.45. The van der Waals surface area contributed by atoms with Gasteiger partial charge >= 0.3 is 6.09 Å². The van der Waals surface area contributed by atoms with Crippen molar-refractivity contribution in [3.63, 3.8) is 0 Å². The quantitative estimate of drug-likeness (QED) is 0.750. The Morgan fingerprint density at radius 1 is 1.17 bits per heavy atom. The highest BCUT2D eigenvalue weighted by Crippen LogP contribution is 2.29. The molecule has 2 saturated heterocycles. The molecule has 1 unspecified atom stereocenters. The molecule has 168 valence electrons. The van der Waals surface area contributed by atoms with Crippen LogP contribution in [-0.4, -0.2) is 60.1 Å². The molecule has 1 N–H and O–H groups in total. The first-order valence-electron chi connectivity index (χ1n) is 11.3. The zero-order valence-corrected chi connectivity index (χ0v) is 19.7. The van der Waals surface area contributed by atoms with Crippen LogP contribution in [0, 0.1) is 11.8 Å². The van der Waals surface area contributed by atoms with Crippen molar-refractivity contribution in [3.8, 4) is 0 Å². The first-order valence-corrected chi connectivity index (χ1v) is 12.1. The fourth-order valence-corrected chi connectivity index (χ4v) is 5.08. The number of carbonyl (C=O) groups excluding carboxylic acids is 2. The van der Waals surface area contributed by atoms with Crippen molar-refractivity contribution in [3.05, 3.63) is 22.4 Å². The number of ether oxygens (including phenoxy) is 1. The average Bonchev–Trinajstić information content (AvgIpc) is 3.22. The molecule has 0 aromatic carbocycles. The molecule has 3 rings (SSSR count). The maximum absolute atomic E-state index is 12.9. The molecule has 1 atom stereocenters. The molecule has 1 aromatic rings. The fraction of sp³-hybridized carbons (Fsp3) is 0.739. The van der Waals surface area contributed by atoms with Crippen LogP contribution in [0.25, 0.3) is 0 Å². The molecule has 2 aliphatic heterocycles. The van der Waals surface area contributed by atoms with E-state index in [1.165, 1.54) is 17.7 Å². The lowest BCUT2D eigenvalue weighted by Crippen LogP contribution is -2.46. The molecule has 0 saturated carbocycles. The summed E-state index contributed by atoms with van der Waals surface area (Å²) in [6.07, 6.45) is 3.54. The number of hydrogen-bond donors (Lipinski definition) is 1. The van der Waals surface area contributed by atoms with Crippen LogP contribution in [0.15, 0.2) is 17.5 Å². The second kappa shape index (κ2) is 10.1. The number of nitrogens with one attached hydrogen (secondary N) is 1. The Morgan fingerprint density at radius 2 is 1.83 bits per heavy atom. The minimum Gasteiger partial charge on any atom is -0.444 e. The fourth-order valence-electron chi connectivity index (χ4n) is 4.22. The summed E-state index contributed by atoms with van der Waals surface area (Å²) in [5.74, 6) is 0.870. The summed E-state index contributed by atoms with van der Waals surface area (Å²) in [5, 5.41) is 5.34. The summed E-state index contributed by atoms with van der Waals surface area (Å²) in [4.78, 5) is 30.7. The monoisotopic (exact) mass is 435 g/mol. The number of thiophene rings is 1. The van der Waals surface area contributed by atoms with E-state index in [0.29, 0.717) is 32.5 Å². The number of piperidine rings is 2. The van der Waals surface area contributed by atoms with E-state index in [1.54, 1.807) is 16.2 Å². The average molecular weight is 436 g/mol. The molecule has 0 radical (unpaired) electrons. The topological polar surface area (TPSA) is 61.9 Å². The predicted octanol–water partition coefficient (Wildman–Crippen LogP) is 4.28. The van der Waals surface area contributed by atoms with Gasteiger partial charge in [-0.2, -0.15) is 0 Å². The molecule has 6 nitrogen and oxygen atoms in total. The van der Waals surface area contributed by atoms with Crippen molar-refractivity contribution in [1.82, 2.24) is 15.1 Å². The van der Waals surface area contributed by atoms with E-state index < -0.39 is 5.60 Å². The molecule has 3 heterocycles. The predicted molar refractivity (Wildman–Crippen MR) is 121 cm³/mol. The lowest BCUT2D eigenvalue weighted by molar-refractivity contribution is -0.126. The van der Waals surface area contributed by atoms with Crippen molar-refractivity contribution in [1.29, 1.82) is 0 Å². The van der Waals surface area contributed by atoms with Crippen LogP contribution < -0.4 is 5.32 Å². The van der Waals surface area contributed by atoms with Gasteiger partial charge < -0.3 is 15.0 Å². The van der Waals surface area contributed by atoms with Crippen LogP contribution in [0.4, 0.5) is 4.79 Å². The minimum atomic E-state index is -0.492. The number of hydrogen-bond acceptors (Lipinski definition) is 5. The molecule has 0 aliphatic carbocycles. The van der Waals surface area contributed by atoms with Gasteiger partial charge in [-0.1, -0.05) is 13.0 Å². The molecule has 0 bridgehead atoms. The smallest absolute Gasteiger partial charge is 0.410 e.